The maximum atomic E-state index is 12.3. The number of hydrogen-bond donors (Lipinski definition) is 1. The average molecular weight is 286 g/mol. The number of hydrogen-bond acceptors (Lipinski definition) is 4. The molecule has 1 aliphatic rings. The zero-order chi connectivity index (χ0) is 14.8. The van der Waals surface area contributed by atoms with Crippen molar-refractivity contribution >= 4 is 17.3 Å². The summed E-state index contributed by atoms with van der Waals surface area (Å²) < 4.78 is 2.04. The van der Waals surface area contributed by atoms with E-state index in [4.69, 9.17) is 0 Å². The zero-order valence-corrected chi connectivity index (χ0v) is 11.2. The van der Waals surface area contributed by atoms with Crippen LogP contribution in [0.3, 0.4) is 0 Å². The zero-order valence-electron chi connectivity index (χ0n) is 11.2. The van der Waals surface area contributed by atoms with E-state index in [0.29, 0.717) is 12.1 Å². The normalized spacial score (nSPS) is 17.0. The van der Waals surface area contributed by atoms with E-state index in [0.717, 1.165) is 18.8 Å². The molecule has 1 N–H and O–H groups in total. The van der Waals surface area contributed by atoms with E-state index in [-0.39, 0.29) is 17.5 Å². The van der Waals surface area contributed by atoms with Crippen LogP contribution in [0.1, 0.15) is 12.2 Å². The third kappa shape index (κ3) is 2.76. The molecule has 1 amide bonds. The first-order chi connectivity index (χ1) is 10.1. The Morgan fingerprint density at radius 1 is 1.48 bits per heavy atom. The molecular weight excluding hydrogens is 272 g/mol. The summed E-state index contributed by atoms with van der Waals surface area (Å²) in [6, 6.07) is 5.96. The Balaban J connectivity index is 1.70. The predicted octanol–water partition coefficient (Wildman–Crippen LogP) is 1.99. The van der Waals surface area contributed by atoms with E-state index in [1.54, 1.807) is 18.3 Å². The molecule has 2 heterocycles. The monoisotopic (exact) mass is 286 g/mol. The molecule has 1 atom stereocenters. The summed E-state index contributed by atoms with van der Waals surface area (Å²) in [5, 5.41) is 13.5. The number of imidazole rings is 1. The third-order valence-electron chi connectivity index (χ3n) is 3.64. The number of carbonyl (C=O) groups excluding carboxylic acids is 1. The standard InChI is InChI=1S/C14H14N4O3/c19-14(10-4-6-17-7-5-15-13(17)8-10)16-11-2-1-3-12(9-11)18(20)21/h1-3,5,7,9-10H,4,6,8H2,(H,16,19). The lowest BCUT2D eigenvalue weighted by Crippen LogP contribution is -2.30. The number of anilines is 1. The van der Waals surface area contributed by atoms with Crippen molar-refractivity contribution in [3.63, 3.8) is 0 Å². The SMILES string of the molecule is O=C(Nc1cccc([N+](=O)[O-])c1)C1CCn2ccnc2C1. The van der Waals surface area contributed by atoms with Crippen molar-refractivity contribution in [2.75, 3.05) is 5.32 Å². The number of aryl methyl sites for hydroxylation is 1. The van der Waals surface area contributed by atoms with Gasteiger partial charge in [-0.05, 0) is 12.5 Å². The highest BCUT2D eigenvalue weighted by Gasteiger charge is 2.25. The maximum Gasteiger partial charge on any atom is 0.271 e. The van der Waals surface area contributed by atoms with Crippen molar-refractivity contribution in [1.29, 1.82) is 0 Å². The van der Waals surface area contributed by atoms with E-state index in [2.05, 4.69) is 10.3 Å². The fourth-order valence-corrected chi connectivity index (χ4v) is 2.52. The van der Waals surface area contributed by atoms with Gasteiger partial charge in [0.1, 0.15) is 5.82 Å². The summed E-state index contributed by atoms with van der Waals surface area (Å²) in [5.41, 5.74) is 0.412. The Hall–Kier alpha value is -2.70. The summed E-state index contributed by atoms with van der Waals surface area (Å²) in [5.74, 6) is 0.629. The molecule has 7 heteroatoms. The number of benzene rings is 1. The predicted molar refractivity (Wildman–Crippen MR) is 75.8 cm³/mol. The summed E-state index contributed by atoms with van der Waals surface area (Å²) in [6.07, 6.45) is 4.97. The molecule has 2 aromatic rings. The number of nitro groups is 1. The van der Waals surface area contributed by atoms with Gasteiger partial charge in [0.05, 0.1) is 4.92 Å². The van der Waals surface area contributed by atoms with Gasteiger partial charge in [-0.3, -0.25) is 14.9 Å². The second-order valence-electron chi connectivity index (χ2n) is 5.02. The Labute approximate surface area is 120 Å². The number of non-ortho nitro benzene ring substituents is 1. The van der Waals surface area contributed by atoms with E-state index >= 15 is 0 Å². The molecule has 3 rings (SSSR count). The lowest BCUT2D eigenvalue weighted by molar-refractivity contribution is -0.384. The lowest BCUT2D eigenvalue weighted by atomic mass is 9.97. The molecule has 1 aromatic heterocycles. The molecule has 1 aliphatic heterocycles. The summed E-state index contributed by atoms with van der Waals surface area (Å²) >= 11 is 0. The first kappa shape index (κ1) is 13.3. The number of rotatable bonds is 3. The number of amides is 1. The topological polar surface area (TPSA) is 90.1 Å². The first-order valence-electron chi connectivity index (χ1n) is 6.69. The number of aromatic nitrogens is 2. The van der Waals surface area contributed by atoms with Crippen LogP contribution >= 0.6 is 0 Å². The van der Waals surface area contributed by atoms with Crippen LogP contribution in [-0.2, 0) is 17.8 Å². The number of fused-ring (bicyclic) bond motifs is 1. The molecule has 1 unspecified atom stereocenters. The van der Waals surface area contributed by atoms with Gasteiger partial charge in [0.15, 0.2) is 0 Å². The van der Waals surface area contributed by atoms with Crippen molar-refractivity contribution in [1.82, 2.24) is 9.55 Å². The Kier molecular flexibility index (Phi) is 3.39. The van der Waals surface area contributed by atoms with Crippen LogP contribution in [0.15, 0.2) is 36.7 Å². The van der Waals surface area contributed by atoms with Crippen molar-refractivity contribution in [2.45, 2.75) is 19.4 Å². The largest absolute Gasteiger partial charge is 0.335 e. The number of nitrogens with zero attached hydrogens (tertiary/aromatic N) is 3. The second kappa shape index (κ2) is 5.35. The maximum absolute atomic E-state index is 12.3. The van der Waals surface area contributed by atoms with Gasteiger partial charge >= 0.3 is 0 Å². The molecule has 21 heavy (non-hydrogen) atoms. The van der Waals surface area contributed by atoms with Crippen molar-refractivity contribution in [2.24, 2.45) is 5.92 Å². The highest BCUT2D eigenvalue weighted by atomic mass is 16.6. The summed E-state index contributed by atoms with van der Waals surface area (Å²) in [7, 11) is 0. The molecule has 0 fully saturated rings. The van der Waals surface area contributed by atoms with Gasteiger partial charge in [-0.2, -0.15) is 0 Å². The fourth-order valence-electron chi connectivity index (χ4n) is 2.52. The third-order valence-corrected chi connectivity index (χ3v) is 3.64. The van der Waals surface area contributed by atoms with Crippen molar-refractivity contribution < 1.29 is 9.72 Å². The lowest BCUT2D eigenvalue weighted by Gasteiger charge is -2.22. The summed E-state index contributed by atoms with van der Waals surface area (Å²) in [6.45, 7) is 0.766. The van der Waals surface area contributed by atoms with E-state index in [1.165, 1.54) is 12.1 Å². The molecule has 0 bridgehead atoms. The van der Waals surface area contributed by atoms with Crippen LogP contribution in [0.25, 0.3) is 0 Å². The van der Waals surface area contributed by atoms with Crippen LogP contribution in [0.4, 0.5) is 11.4 Å². The molecule has 7 nitrogen and oxygen atoms in total. The summed E-state index contributed by atoms with van der Waals surface area (Å²) in [4.78, 5) is 26.7. The molecule has 108 valence electrons. The van der Waals surface area contributed by atoms with Crippen molar-refractivity contribution in [3.8, 4) is 0 Å². The van der Waals surface area contributed by atoms with Gasteiger partial charge in [0.25, 0.3) is 5.69 Å². The van der Waals surface area contributed by atoms with Gasteiger partial charge in [-0.15, -0.1) is 0 Å². The number of nitrogens with one attached hydrogen (secondary N) is 1. The molecule has 1 aromatic carbocycles. The fraction of sp³-hybridized carbons (Fsp3) is 0.286. The van der Waals surface area contributed by atoms with Crippen molar-refractivity contribution in [3.05, 3.63) is 52.6 Å². The van der Waals surface area contributed by atoms with Crippen LogP contribution < -0.4 is 5.32 Å². The molecular formula is C14H14N4O3. The van der Waals surface area contributed by atoms with Gasteiger partial charge in [-0.25, -0.2) is 4.98 Å². The molecule has 0 saturated heterocycles. The highest BCUT2D eigenvalue weighted by molar-refractivity contribution is 5.93. The van der Waals surface area contributed by atoms with Crippen LogP contribution in [0.2, 0.25) is 0 Å². The van der Waals surface area contributed by atoms with Gasteiger partial charge < -0.3 is 9.88 Å². The minimum atomic E-state index is -0.479. The molecule has 0 aliphatic carbocycles. The van der Waals surface area contributed by atoms with Crippen LogP contribution in [0.5, 0.6) is 0 Å². The van der Waals surface area contributed by atoms with Crippen LogP contribution in [-0.4, -0.2) is 20.4 Å². The second-order valence-corrected chi connectivity index (χ2v) is 5.02. The van der Waals surface area contributed by atoms with Gasteiger partial charge in [0, 0.05) is 49.1 Å². The minimum Gasteiger partial charge on any atom is -0.335 e. The Morgan fingerprint density at radius 2 is 2.33 bits per heavy atom. The molecule has 0 saturated carbocycles. The smallest absolute Gasteiger partial charge is 0.271 e. The molecule has 0 spiro atoms. The van der Waals surface area contributed by atoms with E-state index in [9.17, 15) is 14.9 Å². The van der Waals surface area contributed by atoms with Crippen LogP contribution in [0, 0.1) is 16.0 Å². The van der Waals surface area contributed by atoms with E-state index < -0.39 is 4.92 Å². The Bertz CT molecular complexity index is 695. The number of carbonyl (C=O) groups is 1. The number of nitro benzene ring substituents is 1. The van der Waals surface area contributed by atoms with Gasteiger partial charge in [0.2, 0.25) is 5.91 Å². The van der Waals surface area contributed by atoms with E-state index in [1.807, 2.05) is 10.8 Å². The first-order valence-corrected chi connectivity index (χ1v) is 6.69. The average Bonchev–Trinajstić information content (AvgIpc) is 2.94. The highest BCUT2D eigenvalue weighted by Crippen LogP contribution is 2.22. The Morgan fingerprint density at radius 3 is 3.14 bits per heavy atom. The quantitative estimate of drug-likeness (QED) is 0.690. The molecule has 0 radical (unpaired) electrons. The van der Waals surface area contributed by atoms with Gasteiger partial charge in [-0.1, -0.05) is 6.07 Å². The minimum absolute atomic E-state index is 0.0352.